The summed E-state index contributed by atoms with van der Waals surface area (Å²) in [5.41, 5.74) is 1.67. The third-order valence-electron chi connectivity index (χ3n) is 4.57. The normalized spacial score (nSPS) is 13.8. The number of para-hydroxylation sites is 2. The maximum Gasteiger partial charge on any atom is 0.357 e. The SMILES string of the molecule is CCOC(=O)C1=Nc2ccccc2/C1=C\c1c(O)n(-c2ccccc2)c(=S)[nH]c1=O. The van der Waals surface area contributed by atoms with Gasteiger partial charge in [0.15, 0.2) is 10.5 Å². The molecule has 1 aliphatic heterocycles. The highest BCUT2D eigenvalue weighted by Gasteiger charge is 2.28. The lowest BCUT2D eigenvalue weighted by molar-refractivity contribution is -0.134. The summed E-state index contributed by atoms with van der Waals surface area (Å²) in [6.45, 7) is 1.89. The van der Waals surface area contributed by atoms with Gasteiger partial charge in [-0.15, -0.1) is 0 Å². The van der Waals surface area contributed by atoms with Crippen molar-refractivity contribution in [2.45, 2.75) is 6.92 Å². The average molecular weight is 419 g/mol. The molecule has 150 valence electrons. The number of aromatic hydroxyl groups is 1. The van der Waals surface area contributed by atoms with Crippen LogP contribution >= 0.6 is 12.2 Å². The molecule has 2 heterocycles. The molecule has 0 aliphatic carbocycles. The Kier molecular flexibility index (Phi) is 5.16. The van der Waals surface area contributed by atoms with Crippen LogP contribution in [0.3, 0.4) is 0 Å². The molecule has 0 unspecified atom stereocenters. The molecule has 0 bridgehead atoms. The average Bonchev–Trinajstić information content (AvgIpc) is 3.10. The van der Waals surface area contributed by atoms with E-state index in [9.17, 15) is 14.7 Å². The smallest absolute Gasteiger partial charge is 0.357 e. The Balaban J connectivity index is 1.94. The first kappa shape index (κ1) is 19.5. The Bertz CT molecular complexity index is 1320. The third kappa shape index (κ3) is 3.37. The number of aromatic amines is 1. The highest BCUT2D eigenvalue weighted by atomic mass is 32.1. The molecule has 8 heteroatoms. The fourth-order valence-electron chi connectivity index (χ4n) is 3.24. The van der Waals surface area contributed by atoms with Gasteiger partial charge in [0.1, 0.15) is 5.56 Å². The Morgan fingerprint density at radius 2 is 1.90 bits per heavy atom. The topological polar surface area (TPSA) is 96.7 Å². The van der Waals surface area contributed by atoms with Crippen LogP contribution in [0.2, 0.25) is 0 Å². The van der Waals surface area contributed by atoms with Crippen LogP contribution in [0.5, 0.6) is 5.88 Å². The Morgan fingerprint density at radius 1 is 1.20 bits per heavy atom. The number of benzene rings is 2. The summed E-state index contributed by atoms with van der Waals surface area (Å²) in [4.78, 5) is 32.0. The van der Waals surface area contributed by atoms with E-state index in [1.807, 2.05) is 6.07 Å². The molecule has 2 N–H and O–H groups in total. The summed E-state index contributed by atoms with van der Waals surface area (Å²) in [6, 6.07) is 16.1. The number of ether oxygens (including phenoxy) is 1. The van der Waals surface area contributed by atoms with Gasteiger partial charge in [0.25, 0.3) is 5.56 Å². The second kappa shape index (κ2) is 7.92. The first-order valence-corrected chi connectivity index (χ1v) is 9.63. The van der Waals surface area contributed by atoms with Crippen LogP contribution in [0.4, 0.5) is 5.69 Å². The molecule has 1 aromatic heterocycles. The van der Waals surface area contributed by atoms with Gasteiger partial charge in [0.05, 0.1) is 18.0 Å². The standard InChI is InChI=1S/C22H17N3O4S/c1-2-29-21(28)18-15(14-10-6-7-11-17(14)23-18)12-16-19(26)24-22(30)25(20(16)27)13-8-4-3-5-9-13/h3-12,27H,2H2,1H3,(H,24,26,30)/b15-12+. The van der Waals surface area contributed by atoms with E-state index < -0.39 is 11.5 Å². The van der Waals surface area contributed by atoms with Crippen LogP contribution in [-0.4, -0.2) is 32.9 Å². The zero-order valence-electron chi connectivity index (χ0n) is 16.0. The van der Waals surface area contributed by atoms with E-state index in [4.69, 9.17) is 17.0 Å². The first-order chi connectivity index (χ1) is 14.5. The van der Waals surface area contributed by atoms with Crippen molar-refractivity contribution in [1.82, 2.24) is 9.55 Å². The van der Waals surface area contributed by atoms with Crippen molar-refractivity contribution in [3.63, 3.8) is 0 Å². The number of aromatic nitrogens is 2. The number of hydrogen-bond acceptors (Lipinski definition) is 6. The van der Waals surface area contributed by atoms with Crippen LogP contribution in [-0.2, 0) is 9.53 Å². The Hall–Kier alpha value is -3.78. The third-order valence-corrected chi connectivity index (χ3v) is 4.86. The van der Waals surface area contributed by atoms with Crippen LogP contribution < -0.4 is 5.56 Å². The lowest BCUT2D eigenvalue weighted by Crippen LogP contribution is -2.19. The fourth-order valence-corrected chi connectivity index (χ4v) is 3.52. The number of aliphatic imine (C=N–C) groups is 1. The number of nitrogens with one attached hydrogen (secondary N) is 1. The van der Waals surface area contributed by atoms with E-state index in [1.54, 1.807) is 55.5 Å². The largest absolute Gasteiger partial charge is 0.494 e. The molecule has 3 aromatic rings. The van der Waals surface area contributed by atoms with E-state index >= 15 is 0 Å². The lowest BCUT2D eigenvalue weighted by atomic mass is 10.0. The van der Waals surface area contributed by atoms with Gasteiger partial charge in [-0.25, -0.2) is 9.79 Å². The van der Waals surface area contributed by atoms with Crippen molar-refractivity contribution >= 4 is 41.2 Å². The summed E-state index contributed by atoms with van der Waals surface area (Å²) in [6.07, 6.45) is 1.43. The molecule has 0 saturated heterocycles. The summed E-state index contributed by atoms with van der Waals surface area (Å²) < 4.78 is 6.52. The molecule has 0 spiro atoms. The van der Waals surface area contributed by atoms with E-state index in [2.05, 4.69) is 9.98 Å². The van der Waals surface area contributed by atoms with E-state index in [1.165, 1.54) is 10.6 Å². The van der Waals surface area contributed by atoms with Crippen LogP contribution in [0, 0.1) is 4.77 Å². The van der Waals surface area contributed by atoms with E-state index in [-0.39, 0.29) is 28.5 Å². The molecule has 0 fully saturated rings. The molecular formula is C22H17N3O4S. The molecule has 0 radical (unpaired) electrons. The Labute approximate surface area is 176 Å². The molecule has 7 nitrogen and oxygen atoms in total. The number of esters is 1. The quantitative estimate of drug-likeness (QED) is 0.495. The summed E-state index contributed by atoms with van der Waals surface area (Å²) >= 11 is 5.24. The van der Waals surface area contributed by atoms with Gasteiger partial charge < -0.3 is 9.84 Å². The van der Waals surface area contributed by atoms with Gasteiger partial charge in [-0.1, -0.05) is 36.4 Å². The monoisotopic (exact) mass is 419 g/mol. The minimum absolute atomic E-state index is 0.0452. The zero-order valence-corrected chi connectivity index (χ0v) is 16.8. The number of nitrogens with zero attached hydrogens (tertiary/aromatic N) is 2. The van der Waals surface area contributed by atoms with Crippen molar-refractivity contribution in [3.05, 3.63) is 80.8 Å². The van der Waals surface area contributed by atoms with Gasteiger partial charge in [-0.3, -0.25) is 14.3 Å². The first-order valence-electron chi connectivity index (χ1n) is 9.22. The number of carbonyl (C=O) groups is 1. The minimum Gasteiger partial charge on any atom is -0.494 e. The lowest BCUT2D eigenvalue weighted by Gasteiger charge is -2.12. The van der Waals surface area contributed by atoms with E-state index in [0.29, 0.717) is 22.5 Å². The number of carbonyl (C=O) groups excluding carboxylic acids is 1. The number of rotatable bonds is 4. The van der Waals surface area contributed by atoms with Crippen LogP contribution in [0.15, 0.2) is 64.4 Å². The number of fused-ring (bicyclic) bond motifs is 1. The summed E-state index contributed by atoms with van der Waals surface area (Å²) in [5, 5.41) is 10.9. The van der Waals surface area contributed by atoms with Crippen molar-refractivity contribution in [3.8, 4) is 11.6 Å². The molecule has 2 aromatic carbocycles. The molecule has 30 heavy (non-hydrogen) atoms. The van der Waals surface area contributed by atoms with Crippen molar-refractivity contribution < 1.29 is 14.6 Å². The zero-order chi connectivity index (χ0) is 21.3. The van der Waals surface area contributed by atoms with Crippen LogP contribution in [0.25, 0.3) is 17.3 Å². The van der Waals surface area contributed by atoms with Gasteiger partial charge in [0, 0.05) is 11.1 Å². The molecule has 0 amide bonds. The van der Waals surface area contributed by atoms with Gasteiger partial charge in [0.2, 0.25) is 5.88 Å². The molecular weight excluding hydrogens is 402 g/mol. The maximum absolute atomic E-state index is 12.7. The Morgan fingerprint density at radius 3 is 2.63 bits per heavy atom. The van der Waals surface area contributed by atoms with Crippen molar-refractivity contribution in [2.75, 3.05) is 6.61 Å². The maximum atomic E-state index is 12.7. The van der Waals surface area contributed by atoms with Crippen LogP contribution in [0.1, 0.15) is 18.1 Å². The summed E-state index contributed by atoms with van der Waals surface area (Å²) in [7, 11) is 0. The number of hydrogen-bond donors (Lipinski definition) is 2. The molecule has 4 rings (SSSR count). The second-order valence-electron chi connectivity index (χ2n) is 6.42. The minimum atomic E-state index is -0.605. The van der Waals surface area contributed by atoms with Crippen molar-refractivity contribution in [1.29, 1.82) is 0 Å². The fraction of sp³-hybridized carbons (Fsp3) is 0.0909. The molecule has 0 atom stereocenters. The summed E-state index contributed by atoms with van der Waals surface area (Å²) in [5.74, 6) is -0.943. The molecule has 1 aliphatic rings. The molecule has 0 saturated carbocycles. The predicted molar refractivity (Wildman–Crippen MR) is 117 cm³/mol. The number of H-pyrrole nitrogens is 1. The van der Waals surface area contributed by atoms with Crippen molar-refractivity contribution in [2.24, 2.45) is 4.99 Å². The van der Waals surface area contributed by atoms with E-state index in [0.717, 1.165) is 0 Å². The predicted octanol–water partition coefficient (Wildman–Crippen LogP) is 3.79. The highest BCUT2D eigenvalue weighted by molar-refractivity contribution is 7.71. The van der Waals surface area contributed by atoms with Gasteiger partial charge in [-0.05, 0) is 43.4 Å². The van der Waals surface area contributed by atoms with Gasteiger partial charge in [-0.2, -0.15) is 0 Å². The highest BCUT2D eigenvalue weighted by Crippen LogP contribution is 2.36. The second-order valence-corrected chi connectivity index (χ2v) is 6.81. The van der Waals surface area contributed by atoms with Gasteiger partial charge >= 0.3 is 5.97 Å².